The highest BCUT2D eigenvalue weighted by Crippen LogP contribution is 2.35. The second kappa shape index (κ2) is 9.02. The first-order valence-electron chi connectivity index (χ1n) is 9.75. The number of carbonyl (C=O) groups excluding carboxylic acids is 1. The van der Waals surface area contributed by atoms with Gasteiger partial charge in [0.2, 0.25) is 0 Å². The zero-order valence-corrected chi connectivity index (χ0v) is 17.8. The summed E-state index contributed by atoms with van der Waals surface area (Å²) in [6.45, 7) is 4.39. The van der Waals surface area contributed by atoms with Crippen LogP contribution in [0.3, 0.4) is 0 Å². The van der Waals surface area contributed by atoms with Crippen molar-refractivity contribution in [1.29, 1.82) is 0 Å². The van der Waals surface area contributed by atoms with Crippen LogP contribution < -0.4 is 10.1 Å². The number of halogens is 1. The molecule has 0 aliphatic rings. The van der Waals surface area contributed by atoms with Gasteiger partial charge in [0.25, 0.3) is 5.91 Å². The van der Waals surface area contributed by atoms with E-state index in [1.165, 1.54) is 6.26 Å². The van der Waals surface area contributed by atoms with Gasteiger partial charge in [0.15, 0.2) is 5.88 Å². The molecule has 6 nitrogen and oxygen atoms in total. The summed E-state index contributed by atoms with van der Waals surface area (Å²) in [6, 6.07) is 12.4. The summed E-state index contributed by atoms with van der Waals surface area (Å²) >= 11 is 6.37. The van der Waals surface area contributed by atoms with Crippen molar-refractivity contribution in [3.63, 3.8) is 0 Å². The Balaban J connectivity index is 1.78. The summed E-state index contributed by atoms with van der Waals surface area (Å²) in [4.78, 5) is 21.5. The third kappa shape index (κ3) is 4.59. The van der Waals surface area contributed by atoms with Crippen molar-refractivity contribution in [2.45, 2.75) is 13.8 Å². The molecular weight excluding hydrogens is 414 g/mol. The van der Waals surface area contributed by atoms with Crippen LogP contribution in [-0.2, 0) is 0 Å². The van der Waals surface area contributed by atoms with E-state index in [1.807, 2.05) is 26.0 Å². The van der Waals surface area contributed by atoms with Crippen LogP contribution in [-0.4, -0.2) is 22.5 Å². The minimum absolute atomic E-state index is 0.325. The van der Waals surface area contributed by atoms with Crippen molar-refractivity contribution < 1.29 is 13.9 Å². The van der Waals surface area contributed by atoms with E-state index in [1.54, 1.807) is 48.9 Å². The number of hydrogen-bond acceptors (Lipinski definition) is 5. The largest absolute Gasteiger partial charge is 0.492 e. The van der Waals surface area contributed by atoms with Gasteiger partial charge in [0.1, 0.15) is 5.75 Å². The maximum Gasteiger partial charge on any atom is 0.258 e. The van der Waals surface area contributed by atoms with Gasteiger partial charge in [-0.05, 0) is 61.4 Å². The Morgan fingerprint density at radius 3 is 2.77 bits per heavy atom. The van der Waals surface area contributed by atoms with Gasteiger partial charge >= 0.3 is 0 Å². The molecule has 0 bridgehead atoms. The Hall–Kier alpha value is -3.64. The monoisotopic (exact) mass is 433 g/mol. The molecule has 1 aromatic carbocycles. The molecule has 1 N–H and O–H groups in total. The number of pyridine rings is 2. The van der Waals surface area contributed by atoms with E-state index < -0.39 is 0 Å². The van der Waals surface area contributed by atoms with Crippen molar-refractivity contribution >= 4 is 23.4 Å². The van der Waals surface area contributed by atoms with E-state index in [0.29, 0.717) is 28.8 Å². The van der Waals surface area contributed by atoms with Crippen molar-refractivity contribution in [3.8, 4) is 28.1 Å². The highest BCUT2D eigenvalue weighted by molar-refractivity contribution is 6.31. The standard InChI is InChI=1S/C24H20ClN3O3/c1-3-30-22-14-27-21(20-13-26-7-6-15(20)2)12-19(22)16-9-17(11-18(25)10-16)24(29)28-23-5-4-8-31-23/h4-14H,3H2,1-2H3,(H,28,29). The summed E-state index contributed by atoms with van der Waals surface area (Å²) in [5.74, 6) is 0.640. The number of aryl methyl sites for hydroxylation is 1. The average molecular weight is 434 g/mol. The molecule has 3 aromatic heterocycles. The van der Waals surface area contributed by atoms with Crippen LogP contribution in [0, 0.1) is 6.92 Å². The molecule has 4 aromatic rings. The Labute approximate surface area is 184 Å². The van der Waals surface area contributed by atoms with Crippen molar-refractivity contribution in [2.75, 3.05) is 11.9 Å². The first-order valence-corrected chi connectivity index (χ1v) is 10.1. The Bertz CT molecular complexity index is 1220. The Morgan fingerprint density at radius 2 is 2.03 bits per heavy atom. The van der Waals surface area contributed by atoms with Crippen LogP contribution in [0.15, 0.2) is 71.7 Å². The van der Waals surface area contributed by atoms with E-state index >= 15 is 0 Å². The highest BCUT2D eigenvalue weighted by Gasteiger charge is 2.16. The topological polar surface area (TPSA) is 77.2 Å². The second-order valence-electron chi connectivity index (χ2n) is 6.85. The van der Waals surface area contributed by atoms with Gasteiger partial charge in [0.05, 0.1) is 24.8 Å². The Kier molecular flexibility index (Phi) is 6.00. The molecule has 4 rings (SSSR count). The van der Waals surface area contributed by atoms with Crippen LogP contribution in [0.5, 0.6) is 5.75 Å². The lowest BCUT2D eigenvalue weighted by molar-refractivity contribution is 0.102. The fourth-order valence-corrected chi connectivity index (χ4v) is 3.46. The third-order valence-electron chi connectivity index (χ3n) is 4.71. The molecule has 0 unspecified atom stereocenters. The van der Waals surface area contributed by atoms with Crippen molar-refractivity contribution in [2.24, 2.45) is 0 Å². The molecule has 31 heavy (non-hydrogen) atoms. The molecule has 0 saturated heterocycles. The van der Waals surface area contributed by atoms with E-state index in [2.05, 4.69) is 15.3 Å². The normalized spacial score (nSPS) is 10.7. The second-order valence-corrected chi connectivity index (χ2v) is 7.29. The molecule has 0 aliphatic carbocycles. The lowest BCUT2D eigenvalue weighted by atomic mass is 9.99. The van der Waals surface area contributed by atoms with Crippen LogP contribution in [0.4, 0.5) is 5.88 Å². The Morgan fingerprint density at radius 1 is 1.16 bits per heavy atom. The third-order valence-corrected chi connectivity index (χ3v) is 4.93. The summed E-state index contributed by atoms with van der Waals surface area (Å²) in [5.41, 5.74) is 4.66. The van der Waals surface area contributed by atoms with Gasteiger partial charge in [-0.15, -0.1) is 0 Å². The molecule has 0 saturated carbocycles. The number of rotatable bonds is 6. The minimum atomic E-state index is -0.325. The molecule has 0 atom stereocenters. The van der Waals surface area contributed by atoms with Gasteiger partial charge < -0.3 is 9.15 Å². The fourth-order valence-electron chi connectivity index (χ4n) is 3.23. The van der Waals surface area contributed by atoms with Crippen LogP contribution in [0.1, 0.15) is 22.8 Å². The zero-order valence-electron chi connectivity index (χ0n) is 17.1. The van der Waals surface area contributed by atoms with Crippen LogP contribution >= 0.6 is 11.6 Å². The number of furan rings is 1. The van der Waals surface area contributed by atoms with Crippen molar-refractivity contribution in [3.05, 3.63) is 83.5 Å². The predicted octanol–water partition coefficient (Wildman–Crippen LogP) is 6.02. The summed E-state index contributed by atoms with van der Waals surface area (Å²) in [7, 11) is 0. The first-order chi connectivity index (χ1) is 15.0. The number of benzene rings is 1. The highest BCUT2D eigenvalue weighted by atomic mass is 35.5. The number of ether oxygens (including phenoxy) is 1. The molecule has 7 heteroatoms. The van der Waals surface area contributed by atoms with Gasteiger partial charge in [0, 0.05) is 40.2 Å². The lowest BCUT2D eigenvalue weighted by Gasteiger charge is -2.14. The lowest BCUT2D eigenvalue weighted by Crippen LogP contribution is -2.11. The number of carbonyl (C=O) groups is 1. The maximum absolute atomic E-state index is 12.7. The molecule has 0 spiro atoms. The van der Waals surface area contributed by atoms with Gasteiger partial charge in [-0.3, -0.25) is 20.1 Å². The van der Waals surface area contributed by atoms with Gasteiger partial charge in [-0.1, -0.05) is 11.6 Å². The van der Waals surface area contributed by atoms with E-state index in [9.17, 15) is 4.79 Å². The molecule has 0 radical (unpaired) electrons. The smallest absolute Gasteiger partial charge is 0.258 e. The van der Waals surface area contributed by atoms with E-state index in [-0.39, 0.29) is 5.91 Å². The average Bonchev–Trinajstić information content (AvgIpc) is 3.27. The molecule has 0 aliphatic heterocycles. The number of amides is 1. The number of anilines is 1. The van der Waals surface area contributed by atoms with Crippen LogP contribution in [0.2, 0.25) is 5.02 Å². The van der Waals surface area contributed by atoms with Crippen molar-refractivity contribution in [1.82, 2.24) is 9.97 Å². The van der Waals surface area contributed by atoms with E-state index in [4.69, 9.17) is 20.8 Å². The first kappa shape index (κ1) is 20.6. The minimum Gasteiger partial charge on any atom is -0.492 e. The molecule has 0 fully saturated rings. The molecule has 156 valence electrons. The molecule has 3 heterocycles. The van der Waals surface area contributed by atoms with Gasteiger partial charge in [-0.25, -0.2) is 0 Å². The van der Waals surface area contributed by atoms with E-state index in [0.717, 1.165) is 27.9 Å². The number of hydrogen-bond donors (Lipinski definition) is 1. The maximum atomic E-state index is 12.7. The fraction of sp³-hybridized carbons (Fsp3) is 0.125. The SMILES string of the molecule is CCOc1cnc(-c2cnccc2C)cc1-c1cc(Cl)cc(C(=O)Nc2ccco2)c1. The predicted molar refractivity (Wildman–Crippen MR) is 120 cm³/mol. The molecule has 1 amide bonds. The summed E-state index contributed by atoms with van der Waals surface area (Å²) < 4.78 is 11.0. The summed E-state index contributed by atoms with van der Waals surface area (Å²) in [6.07, 6.45) is 6.70. The number of aromatic nitrogens is 2. The summed E-state index contributed by atoms with van der Waals surface area (Å²) in [5, 5.41) is 3.14. The number of nitrogens with one attached hydrogen (secondary N) is 1. The molecular formula is C24H20ClN3O3. The number of nitrogens with zero attached hydrogens (tertiary/aromatic N) is 2. The van der Waals surface area contributed by atoms with Crippen LogP contribution in [0.25, 0.3) is 22.4 Å². The van der Waals surface area contributed by atoms with Gasteiger partial charge in [-0.2, -0.15) is 0 Å². The quantitative estimate of drug-likeness (QED) is 0.402. The zero-order chi connectivity index (χ0) is 21.8.